The minimum atomic E-state index is 0.180. The maximum absolute atomic E-state index is 14.3. The number of hydrogen-bond acceptors (Lipinski definition) is 0. The van der Waals surface area contributed by atoms with E-state index in [4.69, 9.17) is 0 Å². The number of benzene rings is 1. The van der Waals surface area contributed by atoms with Gasteiger partial charge in [0.25, 0.3) is 0 Å². The Morgan fingerprint density at radius 3 is 2.00 bits per heavy atom. The van der Waals surface area contributed by atoms with Gasteiger partial charge in [0.15, 0.2) is 0 Å². The van der Waals surface area contributed by atoms with Crippen molar-refractivity contribution in [3.05, 3.63) is 40.6 Å². The third kappa shape index (κ3) is 5.50. The molecule has 0 unspecified atom stereocenters. The van der Waals surface area contributed by atoms with Gasteiger partial charge in [-0.3, -0.25) is 0 Å². The van der Waals surface area contributed by atoms with Crippen molar-refractivity contribution in [2.45, 2.75) is 57.8 Å². The molecule has 0 spiro atoms. The maximum atomic E-state index is 14.3. The van der Waals surface area contributed by atoms with Crippen molar-refractivity contribution in [3.8, 4) is 0 Å². The zero-order valence-corrected chi connectivity index (χ0v) is 13.2. The summed E-state index contributed by atoms with van der Waals surface area (Å²) in [7, 11) is 0. The fourth-order valence-corrected chi connectivity index (χ4v) is 4.64. The van der Waals surface area contributed by atoms with Crippen molar-refractivity contribution in [2.24, 2.45) is 0 Å². The van der Waals surface area contributed by atoms with Gasteiger partial charge in [-0.1, -0.05) is 0 Å². The molecule has 2 rings (SSSR count). The first-order valence-electron chi connectivity index (χ1n) is 7.47. The van der Waals surface area contributed by atoms with Gasteiger partial charge >= 0.3 is 122 Å². The average Bonchev–Trinajstić information content (AvgIpc) is 2.48. The fraction of sp³-hybridized carbons (Fsp3) is 0.529. The van der Waals surface area contributed by atoms with Crippen molar-refractivity contribution in [3.63, 3.8) is 0 Å². The van der Waals surface area contributed by atoms with E-state index in [1.54, 1.807) is 0 Å². The van der Waals surface area contributed by atoms with Gasteiger partial charge in [-0.05, 0) is 0 Å². The van der Waals surface area contributed by atoms with Gasteiger partial charge in [-0.25, -0.2) is 0 Å². The molecular weight excluding hydrogens is 302 g/mol. The first-order chi connectivity index (χ1) is 9.36. The number of rotatable bonds is 2. The van der Waals surface area contributed by atoms with E-state index in [2.05, 4.69) is 24.3 Å². The summed E-state index contributed by atoms with van der Waals surface area (Å²) in [6, 6.07) is 10.4. The molecule has 1 aliphatic carbocycles. The quantitative estimate of drug-likeness (QED) is 0.690. The molecule has 0 atom stereocenters. The molecule has 0 aliphatic heterocycles. The van der Waals surface area contributed by atoms with E-state index in [1.165, 1.54) is 36.6 Å². The zero-order valence-electron chi connectivity index (χ0n) is 11.5. The van der Waals surface area contributed by atoms with Crippen LogP contribution in [-0.4, -0.2) is 15.0 Å². The Hall–Kier alpha value is -0.591. The monoisotopic (exact) mass is 326 g/mol. The van der Waals surface area contributed by atoms with E-state index in [0.717, 1.165) is 23.7 Å². The minimum absolute atomic E-state index is 0.180. The Morgan fingerprint density at radius 2 is 1.32 bits per heavy atom. The molecule has 0 bridgehead atoms. The standard InChI is InChI=1S/C17H23FSe/c18-16-13-9-4-2-1-3-5-10-14-17(16)19-15-11-7-6-8-12-15/h6-8,11-12H,1-5,9-10,13-14H2/b17-16+. The van der Waals surface area contributed by atoms with Crippen LogP contribution in [0.15, 0.2) is 40.6 Å². The van der Waals surface area contributed by atoms with Gasteiger partial charge in [0, 0.05) is 0 Å². The van der Waals surface area contributed by atoms with Crippen LogP contribution in [0.2, 0.25) is 0 Å². The molecule has 0 saturated carbocycles. The Balaban J connectivity index is 2.03. The van der Waals surface area contributed by atoms with Crippen LogP contribution in [0, 0.1) is 0 Å². The molecule has 0 heterocycles. The molecule has 0 N–H and O–H groups in total. The topological polar surface area (TPSA) is 0 Å². The van der Waals surface area contributed by atoms with Crippen LogP contribution < -0.4 is 4.46 Å². The summed E-state index contributed by atoms with van der Waals surface area (Å²) in [5.74, 6) is 0.200. The summed E-state index contributed by atoms with van der Waals surface area (Å²) < 4.78 is 16.7. The Bertz CT molecular complexity index is 397. The van der Waals surface area contributed by atoms with Crippen LogP contribution >= 0.6 is 0 Å². The summed E-state index contributed by atoms with van der Waals surface area (Å²) in [5, 5.41) is 0. The second-order valence-electron chi connectivity index (χ2n) is 5.22. The van der Waals surface area contributed by atoms with Crippen molar-refractivity contribution in [2.75, 3.05) is 0 Å². The summed E-state index contributed by atoms with van der Waals surface area (Å²) in [6.07, 6.45) is 10.2. The van der Waals surface area contributed by atoms with Gasteiger partial charge in [-0.15, -0.1) is 0 Å². The Kier molecular flexibility index (Phi) is 6.67. The molecule has 1 aliphatic rings. The van der Waals surface area contributed by atoms with Gasteiger partial charge in [0.2, 0.25) is 0 Å². The zero-order chi connectivity index (χ0) is 13.3. The van der Waals surface area contributed by atoms with Gasteiger partial charge in [0.05, 0.1) is 0 Å². The summed E-state index contributed by atoms with van der Waals surface area (Å²) >= 11 is 0.180. The molecule has 0 amide bonds. The van der Waals surface area contributed by atoms with Crippen molar-refractivity contribution >= 4 is 19.4 Å². The number of halogens is 1. The van der Waals surface area contributed by atoms with E-state index >= 15 is 0 Å². The van der Waals surface area contributed by atoms with Crippen LogP contribution in [-0.2, 0) is 0 Å². The molecule has 19 heavy (non-hydrogen) atoms. The summed E-state index contributed by atoms with van der Waals surface area (Å²) in [5.41, 5.74) is 0. The van der Waals surface area contributed by atoms with Crippen LogP contribution in [0.5, 0.6) is 0 Å². The molecule has 2 heteroatoms. The number of allylic oxidation sites excluding steroid dienone is 2. The molecule has 0 aromatic heterocycles. The molecule has 1 aromatic rings. The van der Waals surface area contributed by atoms with Crippen LogP contribution in [0.1, 0.15) is 57.8 Å². The Morgan fingerprint density at radius 1 is 0.737 bits per heavy atom. The van der Waals surface area contributed by atoms with Gasteiger partial charge in [0.1, 0.15) is 0 Å². The third-order valence-electron chi connectivity index (χ3n) is 3.59. The van der Waals surface area contributed by atoms with E-state index in [1.807, 2.05) is 6.07 Å². The van der Waals surface area contributed by atoms with Crippen molar-refractivity contribution in [1.29, 1.82) is 0 Å². The second kappa shape index (κ2) is 8.55. The molecule has 0 radical (unpaired) electrons. The Labute approximate surface area is 122 Å². The van der Waals surface area contributed by atoms with Gasteiger partial charge < -0.3 is 0 Å². The molecule has 0 fully saturated rings. The number of hydrogen-bond donors (Lipinski definition) is 0. The van der Waals surface area contributed by atoms with Crippen molar-refractivity contribution < 1.29 is 4.39 Å². The predicted molar refractivity (Wildman–Crippen MR) is 81.5 cm³/mol. The molecule has 104 valence electrons. The predicted octanol–water partition coefficient (Wildman–Crippen LogP) is 4.72. The third-order valence-corrected chi connectivity index (χ3v) is 6.06. The molecule has 0 saturated heterocycles. The SMILES string of the molecule is F/C1=C(/[Se]c2ccccc2)CCCCCCCCC1. The first-order valence-corrected chi connectivity index (χ1v) is 9.18. The van der Waals surface area contributed by atoms with E-state index in [0.29, 0.717) is 6.42 Å². The van der Waals surface area contributed by atoms with Gasteiger partial charge in [-0.2, -0.15) is 0 Å². The van der Waals surface area contributed by atoms with Crippen LogP contribution in [0.25, 0.3) is 0 Å². The molecule has 0 nitrogen and oxygen atoms in total. The van der Waals surface area contributed by atoms with Crippen LogP contribution in [0.4, 0.5) is 4.39 Å². The van der Waals surface area contributed by atoms with E-state index in [9.17, 15) is 4.39 Å². The summed E-state index contributed by atoms with van der Waals surface area (Å²) in [4.78, 5) is 0. The van der Waals surface area contributed by atoms with E-state index < -0.39 is 0 Å². The second-order valence-corrected chi connectivity index (χ2v) is 7.67. The van der Waals surface area contributed by atoms with E-state index in [-0.39, 0.29) is 20.8 Å². The molecule has 1 aromatic carbocycles. The first kappa shape index (κ1) is 14.8. The fourth-order valence-electron chi connectivity index (χ4n) is 2.46. The van der Waals surface area contributed by atoms with Crippen molar-refractivity contribution in [1.82, 2.24) is 0 Å². The summed E-state index contributed by atoms with van der Waals surface area (Å²) in [6.45, 7) is 0. The van der Waals surface area contributed by atoms with Crippen LogP contribution in [0.3, 0.4) is 0 Å². The molecular formula is C17H23FSe. The average molecular weight is 325 g/mol. The normalized spacial score (nSPS) is 22.8.